The highest BCUT2D eigenvalue weighted by atomic mass is 32.1. The van der Waals surface area contributed by atoms with Crippen LogP contribution in [0.4, 0.5) is 14.5 Å². The second-order valence-corrected chi connectivity index (χ2v) is 5.50. The summed E-state index contributed by atoms with van der Waals surface area (Å²) in [6.07, 6.45) is 0. The Labute approximate surface area is 146 Å². The van der Waals surface area contributed by atoms with Gasteiger partial charge < -0.3 is 19.5 Å². The average Bonchev–Trinajstić information content (AvgIpc) is 3.03. The number of thiophene rings is 1. The topological polar surface area (TPSA) is 73.9 Å². The molecule has 0 fully saturated rings. The van der Waals surface area contributed by atoms with Gasteiger partial charge in [-0.05, 0) is 36.6 Å². The first-order valence-electron chi connectivity index (χ1n) is 7.15. The first kappa shape index (κ1) is 18.7. The predicted octanol–water partition coefficient (Wildman–Crippen LogP) is 3.79. The zero-order valence-corrected chi connectivity index (χ0v) is 14.2. The number of anilines is 1. The van der Waals surface area contributed by atoms with Crippen LogP contribution in [0.3, 0.4) is 0 Å². The molecule has 134 valence electrons. The van der Waals surface area contributed by atoms with Crippen molar-refractivity contribution < 1.29 is 32.6 Å². The Morgan fingerprint density at radius 1 is 1.24 bits per heavy atom. The molecule has 0 unspecified atom stereocenters. The fraction of sp³-hybridized carbons (Fsp3) is 0.250. The number of alkyl halides is 2. The van der Waals surface area contributed by atoms with E-state index in [0.717, 1.165) is 11.3 Å². The van der Waals surface area contributed by atoms with E-state index in [4.69, 9.17) is 4.74 Å². The van der Waals surface area contributed by atoms with E-state index >= 15 is 0 Å². The summed E-state index contributed by atoms with van der Waals surface area (Å²) in [6.45, 7) is -1.12. The van der Waals surface area contributed by atoms with Crippen LogP contribution in [0.25, 0.3) is 0 Å². The standard InChI is InChI=1S/C16H15F2NO5S/c1-3-23-12-8-9(4-5-11(12)24-16(17)18)14(20)19-10-6-7-25-13(10)15(21)22-2/h4-8,16H,3H2,1-2H3,(H,19,20). The van der Waals surface area contributed by atoms with E-state index in [1.807, 2.05) is 0 Å². The van der Waals surface area contributed by atoms with Crippen LogP contribution in [0.5, 0.6) is 11.5 Å². The van der Waals surface area contributed by atoms with Gasteiger partial charge in [0, 0.05) is 5.56 Å². The predicted molar refractivity (Wildman–Crippen MR) is 87.9 cm³/mol. The minimum absolute atomic E-state index is 0.0222. The van der Waals surface area contributed by atoms with Crippen LogP contribution in [-0.4, -0.2) is 32.2 Å². The molecule has 0 bridgehead atoms. The van der Waals surface area contributed by atoms with Gasteiger partial charge in [-0.2, -0.15) is 8.78 Å². The van der Waals surface area contributed by atoms with E-state index in [2.05, 4.69) is 14.8 Å². The van der Waals surface area contributed by atoms with Gasteiger partial charge in [-0.25, -0.2) is 4.79 Å². The van der Waals surface area contributed by atoms with Gasteiger partial charge in [-0.1, -0.05) is 0 Å². The lowest BCUT2D eigenvalue weighted by Gasteiger charge is -2.13. The van der Waals surface area contributed by atoms with Crippen molar-refractivity contribution in [1.82, 2.24) is 0 Å². The van der Waals surface area contributed by atoms with Crippen molar-refractivity contribution in [2.24, 2.45) is 0 Å². The summed E-state index contributed by atoms with van der Waals surface area (Å²) < 4.78 is 39.0. The average molecular weight is 371 g/mol. The molecule has 0 radical (unpaired) electrons. The Hall–Kier alpha value is -2.68. The van der Waals surface area contributed by atoms with Gasteiger partial charge in [-0.15, -0.1) is 11.3 Å². The van der Waals surface area contributed by atoms with Crippen molar-refractivity contribution in [3.05, 3.63) is 40.1 Å². The number of hydrogen-bond acceptors (Lipinski definition) is 6. The van der Waals surface area contributed by atoms with E-state index < -0.39 is 18.5 Å². The molecule has 1 aromatic heterocycles. The number of benzene rings is 1. The molecule has 9 heteroatoms. The van der Waals surface area contributed by atoms with Gasteiger partial charge in [0.2, 0.25) is 0 Å². The summed E-state index contributed by atoms with van der Waals surface area (Å²) in [5.74, 6) is -1.25. The van der Waals surface area contributed by atoms with E-state index in [1.54, 1.807) is 18.4 Å². The van der Waals surface area contributed by atoms with Crippen LogP contribution in [0.1, 0.15) is 27.0 Å². The number of hydrogen-bond donors (Lipinski definition) is 1. The van der Waals surface area contributed by atoms with Gasteiger partial charge in [-0.3, -0.25) is 4.79 Å². The third-order valence-corrected chi connectivity index (χ3v) is 3.90. The lowest BCUT2D eigenvalue weighted by molar-refractivity contribution is -0.0514. The van der Waals surface area contributed by atoms with Crippen molar-refractivity contribution in [3.8, 4) is 11.5 Å². The highest BCUT2D eigenvalue weighted by Gasteiger charge is 2.18. The number of methoxy groups -OCH3 is 1. The van der Waals surface area contributed by atoms with Crippen molar-refractivity contribution >= 4 is 28.9 Å². The van der Waals surface area contributed by atoms with E-state index in [1.165, 1.54) is 25.3 Å². The van der Waals surface area contributed by atoms with Crippen LogP contribution in [0.2, 0.25) is 0 Å². The molecule has 6 nitrogen and oxygen atoms in total. The zero-order valence-electron chi connectivity index (χ0n) is 13.4. The van der Waals surface area contributed by atoms with Gasteiger partial charge in [0.25, 0.3) is 5.91 Å². The third kappa shape index (κ3) is 4.66. The summed E-state index contributed by atoms with van der Waals surface area (Å²) in [5.41, 5.74) is 0.458. The van der Waals surface area contributed by atoms with Crippen LogP contribution >= 0.6 is 11.3 Å². The summed E-state index contributed by atoms with van der Waals surface area (Å²) >= 11 is 1.12. The molecule has 0 spiro atoms. The number of ether oxygens (including phenoxy) is 3. The summed E-state index contributed by atoms with van der Waals surface area (Å²) in [5, 5.41) is 4.21. The Kier molecular flexibility index (Phi) is 6.29. The molecule has 2 rings (SSSR count). The van der Waals surface area contributed by atoms with Crippen molar-refractivity contribution in [2.45, 2.75) is 13.5 Å². The monoisotopic (exact) mass is 371 g/mol. The van der Waals surface area contributed by atoms with Gasteiger partial charge in [0.1, 0.15) is 4.88 Å². The number of carbonyl (C=O) groups is 2. The van der Waals surface area contributed by atoms with E-state index in [-0.39, 0.29) is 28.5 Å². The first-order chi connectivity index (χ1) is 12.0. The molecule has 2 aromatic rings. The highest BCUT2D eigenvalue weighted by Crippen LogP contribution is 2.31. The maximum atomic E-state index is 12.4. The quantitative estimate of drug-likeness (QED) is 0.750. The molecule has 0 saturated carbocycles. The second-order valence-electron chi connectivity index (χ2n) is 4.58. The van der Waals surface area contributed by atoms with Gasteiger partial charge >= 0.3 is 12.6 Å². The maximum Gasteiger partial charge on any atom is 0.387 e. The van der Waals surface area contributed by atoms with Crippen molar-refractivity contribution in [2.75, 3.05) is 19.0 Å². The molecule has 0 aliphatic rings. The number of nitrogens with one attached hydrogen (secondary N) is 1. The normalized spacial score (nSPS) is 10.4. The number of esters is 1. The summed E-state index contributed by atoms with van der Waals surface area (Å²) in [4.78, 5) is 24.2. The minimum Gasteiger partial charge on any atom is -0.490 e. The van der Waals surface area contributed by atoms with Gasteiger partial charge in [0.15, 0.2) is 11.5 Å². The van der Waals surface area contributed by atoms with Crippen molar-refractivity contribution in [3.63, 3.8) is 0 Å². The minimum atomic E-state index is -3.01. The van der Waals surface area contributed by atoms with Crippen LogP contribution in [0.15, 0.2) is 29.6 Å². The summed E-state index contributed by atoms with van der Waals surface area (Å²) in [6, 6.07) is 5.40. The molecular formula is C16H15F2NO5S. The number of carbonyl (C=O) groups excluding carboxylic acids is 2. The molecule has 0 saturated heterocycles. The first-order valence-corrected chi connectivity index (χ1v) is 8.03. The number of amides is 1. The Bertz CT molecular complexity index is 763. The maximum absolute atomic E-state index is 12.4. The molecule has 1 amide bonds. The molecule has 1 N–H and O–H groups in total. The Morgan fingerprint density at radius 3 is 2.64 bits per heavy atom. The fourth-order valence-corrected chi connectivity index (χ4v) is 2.73. The number of halogens is 2. The largest absolute Gasteiger partial charge is 0.490 e. The van der Waals surface area contributed by atoms with E-state index in [0.29, 0.717) is 5.69 Å². The summed E-state index contributed by atoms with van der Waals surface area (Å²) in [7, 11) is 1.24. The highest BCUT2D eigenvalue weighted by molar-refractivity contribution is 7.12. The SMILES string of the molecule is CCOc1cc(C(=O)Nc2ccsc2C(=O)OC)ccc1OC(F)F. The molecular weight excluding hydrogens is 356 g/mol. The number of rotatable bonds is 7. The van der Waals surface area contributed by atoms with Crippen LogP contribution < -0.4 is 14.8 Å². The Balaban J connectivity index is 2.23. The lowest BCUT2D eigenvalue weighted by atomic mass is 10.2. The molecule has 0 aliphatic carbocycles. The smallest absolute Gasteiger partial charge is 0.387 e. The Morgan fingerprint density at radius 2 is 2.00 bits per heavy atom. The van der Waals surface area contributed by atoms with Crippen molar-refractivity contribution in [1.29, 1.82) is 0 Å². The van der Waals surface area contributed by atoms with Crippen LogP contribution in [0, 0.1) is 0 Å². The van der Waals surface area contributed by atoms with Gasteiger partial charge in [0.05, 0.1) is 19.4 Å². The lowest BCUT2D eigenvalue weighted by Crippen LogP contribution is -2.14. The molecule has 25 heavy (non-hydrogen) atoms. The molecule has 0 atom stereocenters. The molecule has 1 heterocycles. The molecule has 1 aromatic carbocycles. The fourth-order valence-electron chi connectivity index (χ4n) is 1.96. The van der Waals surface area contributed by atoms with Crippen LogP contribution in [-0.2, 0) is 4.74 Å². The van der Waals surface area contributed by atoms with E-state index in [9.17, 15) is 18.4 Å². The second kappa shape index (κ2) is 8.43. The zero-order chi connectivity index (χ0) is 18.4. The molecule has 0 aliphatic heterocycles. The third-order valence-electron chi connectivity index (χ3n) is 3.01.